The highest BCUT2D eigenvalue weighted by atomic mass is 35.5. The Kier molecular flexibility index (Phi) is 4.75. The van der Waals surface area contributed by atoms with Gasteiger partial charge in [-0.2, -0.15) is 0 Å². The Balaban J connectivity index is 1.78. The molecule has 2 heterocycles. The smallest absolute Gasteiger partial charge is 0.238 e. The summed E-state index contributed by atoms with van der Waals surface area (Å²) in [5, 5.41) is 8.02. The van der Waals surface area contributed by atoms with Crippen LogP contribution in [0.1, 0.15) is 18.4 Å². The summed E-state index contributed by atoms with van der Waals surface area (Å²) in [5.41, 5.74) is 1.11. The molecule has 0 amide bonds. The molecule has 0 unspecified atom stereocenters. The van der Waals surface area contributed by atoms with Crippen molar-refractivity contribution in [1.82, 2.24) is 15.1 Å². The van der Waals surface area contributed by atoms with Crippen molar-refractivity contribution in [3.05, 3.63) is 41.0 Å². The van der Waals surface area contributed by atoms with Crippen LogP contribution in [0.25, 0.3) is 0 Å². The molecule has 5 nitrogen and oxygen atoms in total. The number of hydrogen-bond donors (Lipinski definition) is 0. The number of halogens is 1. The maximum absolute atomic E-state index is 5.73. The third kappa shape index (κ3) is 3.67. The van der Waals surface area contributed by atoms with Crippen LogP contribution in [0.15, 0.2) is 30.3 Å². The Bertz CT molecular complexity index is 628. The summed E-state index contributed by atoms with van der Waals surface area (Å²) < 4.78 is 11.2. The van der Waals surface area contributed by atoms with Crippen LogP contribution in [0, 0.1) is 0 Å². The lowest BCUT2D eigenvalue weighted by atomic mass is 10.1. The second-order valence-electron chi connectivity index (χ2n) is 5.25. The monoisotopic (exact) mass is 319 g/mol. The van der Waals surface area contributed by atoms with E-state index in [0.29, 0.717) is 16.8 Å². The Morgan fingerprint density at radius 3 is 2.64 bits per heavy atom. The molecule has 0 spiro atoms. The topological polar surface area (TPSA) is 47.5 Å². The van der Waals surface area contributed by atoms with E-state index in [1.165, 1.54) is 12.8 Å². The lowest BCUT2D eigenvalue weighted by Gasteiger charge is -2.17. The van der Waals surface area contributed by atoms with E-state index >= 15 is 0 Å². The Morgan fingerprint density at radius 1 is 1.14 bits per heavy atom. The van der Waals surface area contributed by atoms with E-state index in [0.717, 1.165) is 30.9 Å². The van der Waals surface area contributed by atoms with Crippen molar-refractivity contribution in [3.8, 4) is 17.4 Å². The van der Waals surface area contributed by atoms with Crippen molar-refractivity contribution in [2.45, 2.75) is 19.4 Å². The summed E-state index contributed by atoms with van der Waals surface area (Å²) in [4.78, 5) is 2.42. The van der Waals surface area contributed by atoms with E-state index in [9.17, 15) is 0 Å². The number of methoxy groups -OCH3 is 1. The number of hydrogen-bond acceptors (Lipinski definition) is 5. The van der Waals surface area contributed by atoms with Gasteiger partial charge in [0.1, 0.15) is 11.5 Å². The van der Waals surface area contributed by atoms with Crippen LogP contribution >= 0.6 is 11.6 Å². The van der Waals surface area contributed by atoms with Crippen molar-refractivity contribution in [2.75, 3.05) is 20.2 Å². The summed E-state index contributed by atoms with van der Waals surface area (Å²) in [6.07, 6.45) is 2.53. The number of rotatable bonds is 5. The van der Waals surface area contributed by atoms with Gasteiger partial charge in [-0.05, 0) is 50.2 Å². The van der Waals surface area contributed by atoms with Gasteiger partial charge in [0, 0.05) is 18.2 Å². The van der Waals surface area contributed by atoms with Crippen molar-refractivity contribution < 1.29 is 9.47 Å². The fourth-order valence-electron chi connectivity index (χ4n) is 2.60. The molecule has 1 saturated heterocycles. The van der Waals surface area contributed by atoms with Gasteiger partial charge in [0.15, 0.2) is 5.15 Å². The average Bonchev–Trinajstić information content (AvgIpc) is 3.03. The first kappa shape index (κ1) is 15.1. The fourth-order valence-corrected chi connectivity index (χ4v) is 2.70. The van der Waals surface area contributed by atoms with E-state index in [4.69, 9.17) is 21.1 Å². The predicted octanol–water partition coefficient (Wildman–Crippen LogP) is 3.53. The number of nitrogens with zero attached hydrogens (tertiary/aromatic N) is 3. The van der Waals surface area contributed by atoms with Crippen molar-refractivity contribution in [2.24, 2.45) is 0 Å². The second-order valence-corrected chi connectivity index (χ2v) is 5.64. The third-order valence-electron chi connectivity index (χ3n) is 3.67. The zero-order valence-corrected chi connectivity index (χ0v) is 13.2. The third-order valence-corrected chi connectivity index (χ3v) is 3.88. The Hall–Kier alpha value is -1.85. The summed E-state index contributed by atoms with van der Waals surface area (Å²) in [7, 11) is 1.69. The summed E-state index contributed by atoms with van der Waals surface area (Å²) >= 11 is 5.72. The molecule has 22 heavy (non-hydrogen) atoms. The minimum absolute atomic E-state index is 0.344. The van der Waals surface area contributed by atoms with E-state index in [1.54, 1.807) is 19.2 Å². The number of ether oxygens (including phenoxy) is 2. The van der Waals surface area contributed by atoms with Crippen LogP contribution in [-0.2, 0) is 6.54 Å². The minimum atomic E-state index is 0.344. The lowest BCUT2D eigenvalue weighted by molar-refractivity contribution is 0.320. The van der Waals surface area contributed by atoms with Gasteiger partial charge in [0.25, 0.3) is 0 Å². The highest BCUT2D eigenvalue weighted by Gasteiger charge is 2.15. The first-order valence-electron chi connectivity index (χ1n) is 7.31. The highest BCUT2D eigenvalue weighted by Crippen LogP contribution is 2.28. The van der Waals surface area contributed by atoms with Gasteiger partial charge in [-0.25, -0.2) is 0 Å². The van der Waals surface area contributed by atoms with Crippen molar-refractivity contribution >= 4 is 11.6 Å². The normalized spacial score (nSPS) is 15.0. The van der Waals surface area contributed by atoms with Gasteiger partial charge in [0.2, 0.25) is 5.88 Å². The average molecular weight is 320 g/mol. The van der Waals surface area contributed by atoms with Gasteiger partial charge in [-0.15, -0.1) is 10.2 Å². The quantitative estimate of drug-likeness (QED) is 0.843. The standard InChI is InChI=1S/C16H18ClN3O2/c1-21-14-5-4-13(22-16-7-6-15(17)18-19-16)10-12(14)11-20-8-2-3-9-20/h4-7,10H,2-3,8-9,11H2,1H3. The molecule has 1 aromatic heterocycles. The molecule has 1 aliphatic rings. The molecule has 0 saturated carbocycles. The number of aromatic nitrogens is 2. The van der Waals surface area contributed by atoms with Gasteiger partial charge >= 0.3 is 0 Å². The van der Waals surface area contributed by atoms with Gasteiger partial charge in [-0.1, -0.05) is 11.6 Å². The van der Waals surface area contributed by atoms with Gasteiger partial charge < -0.3 is 9.47 Å². The van der Waals surface area contributed by atoms with Crippen LogP contribution < -0.4 is 9.47 Å². The molecule has 1 aromatic carbocycles. The number of benzene rings is 1. The zero-order chi connectivity index (χ0) is 15.4. The van der Waals surface area contributed by atoms with E-state index in [1.807, 2.05) is 18.2 Å². The molecule has 6 heteroatoms. The molecule has 0 aliphatic carbocycles. The molecule has 1 fully saturated rings. The van der Waals surface area contributed by atoms with E-state index in [-0.39, 0.29) is 0 Å². The van der Waals surface area contributed by atoms with E-state index < -0.39 is 0 Å². The molecule has 0 atom stereocenters. The van der Waals surface area contributed by atoms with E-state index in [2.05, 4.69) is 15.1 Å². The van der Waals surface area contributed by atoms with Crippen molar-refractivity contribution in [3.63, 3.8) is 0 Å². The second kappa shape index (κ2) is 6.94. The van der Waals surface area contributed by atoms with Crippen LogP contribution in [0.4, 0.5) is 0 Å². The van der Waals surface area contributed by atoms with Crippen LogP contribution in [-0.4, -0.2) is 35.3 Å². The maximum Gasteiger partial charge on any atom is 0.238 e. The molecule has 0 radical (unpaired) electrons. The number of likely N-dealkylation sites (tertiary alicyclic amines) is 1. The molecule has 0 bridgehead atoms. The molecular weight excluding hydrogens is 302 g/mol. The maximum atomic E-state index is 5.73. The first-order valence-corrected chi connectivity index (χ1v) is 7.69. The summed E-state index contributed by atoms with van der Waals surface area (Å²) in [6.45, 7) is 3.14. The lowest BCUT2D eigenvalue weighted by Crippen LogP contribution is -2.18. The molecule has 2 aromatic rings. The van der Waals surface area contributed by atoms with Gasteiger partial charge in [0.05, 0.1) is 7.11 Å². The summed E-state index contributed by atoms with van der Waals surface area (Å²) in [6, 6.07) is 9.12. The SMILES string of the molecule is COc1ccc(Oc2ccc(Cl)nn2)cc1CN1CCCC1. The molecule has 116 valence electrons. The molecule has 3 rings (SSSR count). The molecule has 1 aliphatic heterocycles. The zero-order valence-electron chi connectivity index (χ0n) is 12.5. The highest BCUT2D eigenvalue weighted by molar-refractivity contribution is 6.29. The fraction of sp³-hybridized carbons (Fsp3) is 0.375. The molecule has 0 N–H and O–H groups in total. The van der Waals surface area contributed by atoms with Crippen molar-refractivity contribution in [1.29, 1.82) is 0 Å². The molecular formula is C16H18ClN3O2. The minimum Gasteiger partial charge on any atom is -0.496 e. The van der Waals surface area contributed by atoms with Crippen LogP contribution in [0.2, 0.25) is 5.15 Å². The van der Waals surface area contributed by atoms with Crippen LogP contribution in [0.3, 0.4) is 0 Å². The van der Waals surface area contributed by atoms with Gasteiger partial charge in [-0.3, -0.25) is 4.90 Å². The largest absolute Gasteiger partial charge is 0.496 e. The Morgan fingerprint density at radius 2 is 1.95 bits per heavy atom. The summed E-state index contributed by atoms with van der Waals surface area (Å²) in [5.74, 6) is 2.01. The van der Waals surface area contributed by atoms with Crippen LogP contribution in [0.5, 0.6) is 17.4 Å². The predicted molar refractivity (Wildman–Crippen MR) is 84.6 cm³/mol. The first-order chi connectivity index (χ1) is 10.7. The Labute approximate surface area is 134 Å².